The van der Waals surface area contributed by atoms with E-state index in [1.54, 1.807) is 6.92 Å². The Labute approximate surface area is 131 Å². The average Bonchev–Trinajstić information content (AvgIpc) is 2.48. The molecule has 1 aliphatic rings. The lowest BCUT2D eigenvalue weighted by atomic mass is 9.99. The van der Waals surface area contributed by atoms with Crippen LogP contribution in [0.5, 0.6) is 0 Å². The number of primary amides is 1. The Hall–Kier alpha value is -1.44. The second kappa shape index (κ2) is 7.21. The molecule has 1 aromatic carbocycles. The molecule has 0 unspecified atom stereocenters. The fraction of sp³-hybridized carbons (Fsp3) is 0.533. The first-order valence-corrected chi connectivity index (χ1v) is 9.16. The number of carbonyl (C=O) groups is 1. The Morgan fingerprint density at radius 2 is 2.09 bits per heavy atom. The minimum Gasteiger partial charge on any atom is -0.368 e. The van der Waals surface area contributed by atoms with Crippen molar-refractivity contribution < 1.29 is 13.2 Å². The summed E-state index contributed by atoms with van der Waals surface area (Å²) in [4.78, 5) is 13.9. The van der Waals surface area contributed by atoms with Crippen LogP contribution in [0.15, 0.2) is 30.3 Å². The molecule has 1 aromatic rings. The van der Waals surface area contributed by atoms with E-state index in [2.05, 4.69) is 4.72 Å². The van der Waals surface area contributed by atoms with Gasteiger partial charge in [0.15, 0.2) is 0 Å². The molecule has 0 saturated carbocycles. The molecular weight excluding hydrogens is 302 g/mol. The van der Waals surface area contributed by atoms with Gasteiger partial charge in [-0.1, -0.05) is 30.3 Å². The first-order chi connectivity index (χ1) is 10.4. The van der Waals surface area contributed by atoms with Gasteiger partial charge in [-0.3, -0.25) is 9.69 Å². The summed E-state index contributed by atoms with van der Waals surface area (Å²) in [5.74, 6) is -0.355. The number of hydrogen-bond acceptors (Lipinski definition) is 4. The number of rotatable bonds is 6. The highest BCUT2D eigenvalue weighted by Gasteiger charge is 2.31. The van der Waals surface area contributed by atoms with E-state index in [0.717, 1.165) is 24.9 Å². The van der Waals surface area contributed by atoms with E-state index in [4.69, 9.17) is 5.73 Å². The Balaban J connectivity index is 2.14. The molecule has 0 bridgehead atoms. The van der Waals surface area contributed by atoms with Crippen molar-refractivity contribution in [2.45, 2.75) is 31.8 Å². The molecule has 1 aliphatic heterocycles. The number of nitrogens with two attached hydrogens (primary N) is 1. The summed E-state index contributed by atoms with van der Waals surface area (Å²) in [6.45, 7) is 2.83. The Morgan fingerprint density at radius 1 is 1.41 bits per heavy atom. The van der Waals surface area contributed by atoms with Crippen LogP contribution >= 0.6 is 0 Å². The number of sulfonamides is 1. The van der Waals surface area contributed by atoms with Gasteiger partial charge in [0.2, 0.25) is 15.9 Å². The van der Waals surface area contributed by atoms with Crippen molar-refractivity contribution in [3.05, 3.63) is 35.9 Å². The number of nitrogens with one attached hydrogen (secondary N) is 1. The van der Waals surface area contributed by atoms with Crippen LogP contribution in [0.3, 0.4) is 0 Å². The molecule has 1 amide bonds. The molecule has 2 rings (SSSR count). The third kappa shape index (κ3) is 4.28. The Kier molecular flexibility index (Phi) is 5.55. The van der Waals surface area contributed by atoms with E-state index in [0.29, 0.717) is 6.54 Å². The number of hydrogen-bond donors (Lipinski definition) is 2. The molecule has 7 heteroatoms. The molecule has 0 radical (unpaired) electrons. The highest BCUT2D eigenvalue weighted by molar-refractivity contribution is 7.89. The summed E-state index contributed by atoms with van der Waals surface area (Å²) in [5, 5.41) is 0. The standard InChI is InChI=1S/C15H23N3O3S/c1-2-22(20,21)17-13-9-6-10-18(11-13)14(15(16)19)12-7-4-3-5-8-12/h3-5,7-8,13-14,17H,2,6,9-11H2,1H3,(H2,16,19)/t13-,14+/m1/s1. The van der Waals surface area contributed by atoms with E-state index in [1.165, 1.54) is 0 Å². The number of piperidine rings is 1. The van der Waals surface area contributed by atoms with Crippen molar-refractivity contribution in [1.29, 1.82) is 0 Å². The fourth-order valence-corrected chi connectivity index (χ4v) is 3.73. The summed E-state index contributed by atoms with van der Waals surface area (Å²) >= 11 is 0. The first kappa shape index (κ1) is 16.9. The van der Waals surface area contributed by atoms with Crippen molar-refractivity contribution in [3.8, 4) is 0 Å². The summed E-state index contributed by atoms with van der Waals surface area (Å²) in [6, 6.07) is 8.67. The van der Waals surface area contributed by atoms with Crippen molar-refractivity contribution >= 4 is 15.9 Å². The summed E-state index contributed by atoms with van der Waals surface area (Å²) in [5.41, 5.74) is 6.42. The lowest BCUT2D eigenvalue weighted by Crippen LogP contribution is -2.51. The lowest BCUT2D eigenvalue weighted by molar-refractivity contribution is -0.124. The zero-order valence-electron chi connectivity index (χ0n) is 12.7. The number of carbonyl (C=O) groups excluding carboxylic acids is 1. The van der Waals surface area contributed by atoms with E-state index in [-0.39, 0.29) is 11.8 Å². The van der Waals surface area contributed by atoms with E-state index < -0.39 is 22.0 Å². The first-order valence-electron chi connectivity index (χ1n) is 7.51. The fourth-order valence-electron chi connectivity index (χ4n) is 2.86. The molecule has 22 heavy (non-hydrogen) atoms. The van der Waals surface area contributed by atoms with Gasteiger partial charge in [0.25, 0.3) is 0 Å². The monoisotopic (exact) mass is 325 g/mol. The van der Waals surface area contributed by atoms with Gasteiger partial charge >= 0.3 is 0 Å². The van der Waals surface area contributed by atoms with Gasteiger partial charge in [-0.05, 0) is 31.9 Å². The van der Waals surface area contributed by atoms with Gasteiger partial charge < -0.3 is 5.73 Å². The van der Waals surface area contributed by atoms with Gasteiger partial charge in [0.05, 0.1) is 5.75 Å². The maximum absolute atomic E-state index is 11.9. The van der Waals surface area contributed by atoms with Crippen LogP contribution in [0.25, 0.3) is 0 Å². The molecular formula is C15H23N3O3S. The topological polar surface area (TPSA) is 92.5 Å². The molecule has 0 aromatic heterocycles. The van der Waals surface area contributed by atoms with E-state index in [9.17, 15) is 13.2 Å². The molecule has 6 nitrogen and oxygen atoms in total. The van der Waals surface area contributed by atoms with E-state index in [1.807, 2.05) is 35.2 Å². The molecule has 1 fully saturated rings. The van der Waals surface area contributed by atoms with Crippen LogP contribution in [-0.2, 0) is 14.8 Å². The molecule has 0 aliphatic carbocycles. The van der Waals surface area contributed by atoms with Gasteiger partial charge in [-0.2, -0.15) is 0 Å². The van der Waals surface area contributed by atoms with E-state index >= 15 is 0 Å². The predicted octanol–water partition coefficient (Wildman–Crippen LogP) is 0.617. The minimum atomic E-state index is -3.25. The third-order valence-electron chi connectivity index (χ3n) is 3.93. The molecule has 122 valence electrons. The minimum absolute atomic E-state index is 0.0570. The quantitative estimate of drug-likeness (QED) is 0.802. The van der Waals surface area contributed by atoms with Crippen LogP contribution in [0.2, 0.25) is 0 Å². The van der Waals surface area contributed by atoms with Crippen molar-refractivity contribution in [1.82, 2.24) is 9.62 Å². The average molecular weight is 325 g/mol. The highest BCUT2D eigenvalue weighted by atomic mass is 32.2. The third-order valence-corrected chi connectivity index (χ3v) is 5.38. The van der Waals surface area contributed by atoms with Gasteiger partial charge in [-0.25, -0.2) is 13.1 Å². The van der Waals surface area contributed by atoms with Gasteiger partial charge in [0, 0.05) is 12.6 Å². The van der Waals surface area contributed by atoms with Crippen LogP contribution in [0.4, 0.5) is 0 Å². The van der Waals surface area contributed by atoms with Crippen LogP contribution in [0, 0.1) is 0 Å². The van der Waals surface area contributed by atoms with Crippen molar-refractivity contribution in [2.24, 2.45) is 5.73 Å². The smallest absolute Gasteiger partial charge is 0.239 e. The second-order valence-electron chi connectivity index (χ2n) is 5.57. The SMILES string of the molecule is CCS(=O)(=O)N[C@@H]1CCCN([C@H](C(N)=O)c2ccccc2)C1. The summed E-state index contributed by atoms with van der Waals surface area (Å²) < 4.78 is 26.2. The maximum atomic E-state index is 11.9. The van der Waals surface area contributed by atoms with Gasteiger partial charge in [-0.15, -0.1) is 0 Å². The highest BCUT2D eigenvalue weighted by Crippen LogP contribution is 2.24. The molecule has 1 saturated heterocycles. The van der Waals surface area contributed by atoms with Crippen LogP contribution in [-0.4, -0.2) is 44.1 Å². The van der Waals surface area contributed by atoms with Crippen molar-refractivity contribution in [2.75, 3.05) is 18.8 Å². The normalized spacial score (nSPS) is 21.4. The summed E-state index contributed by atoms with van der Waals surface area (Å²) in [6.07, 6.45) is 1.60. The molecule has 3 N–H and O–H groups in total. The van der Waals surface area contributed by atoms with Crippen LogP contribution < -0.4 is 10.5 Å². The van der Waals surface area contributed by atoms with Gasteiger partial charge in [0.1, 0.15) is 6.04 Å². The predicted molar refractivity (Wildman–Crippen MR) is 85.6 cm³/mol. The second-order valence-corrected chi connectivity index (χ2v) is 7.61. The number of likely N-dealkylation sites (tertiary alicyclic amines) is 1. The Bertz CT molecular complexity index is 604. The maximum Gasteiger partial charge on any atom is 0.239 e. The number of nitrogens with zero attached hydrogens (tertiary/aromatic N) is 1. The lowest BCUT2D eigenvalue weighted by Gasteiger charge is -2.37. The Morgan fingerprint density at radius 3 is 2.68 bits per heavy atom. The summed E-state index contributed by atoms with van der Waals surface area (Å²) in [7, 11) is -3.25. The number of amides is 1. The largest absolute Gasteiger partial charge is 0.368 e. The van der Waals surface area contributed by atoms with Crippen molar-refractivity contribution in [3.63, 3.8) is 0 Å². The molecule has 2 atom stereocenters. The van der Waals surface area contributed by atoms with Crippen LogP contribution in [0.1, 0.15) is 31.4 Å². The number of benzene rings is 1. The zero-order valence-corrected chi connectivity index (χ0v) is 13.6. The molecule has 0 spiro atoms. The zero-order chi connectivity index (χ0) is 16.2. The molecule has 1 heterocycles.